The van der Waals surface area contributed by atoms with Gasteiger partial charge in [0.1, 0.15) is 0 Å². The van der Waals surface area contributed by atoms with Gasteiger partial charge in [0.05, 0.1) is 0 Å². The van der Waals surface area contributed by atoms with Crippen LogP contribution in [0.3, 0.4) is 0 Å². The first kappa shape index (κ1) is 8.27. The largest absolute Gasteiger partial charge is 0.324 e. The molecule has 0 heterocycles. The van der Waals surface area contributed by atoms with Crippen LogP contribution >= 0.6 is 0 Å². The Morgan fingerprint density at radius 1 is 1.42 bits per heavy atom. The Balaban J connectivity index is 1.75. The molecule has 1 saturated carbocycles. The molecule has 2 aliphatic carbocycles. The second kappa shape index (κ2) is 3.19. The maximum Gasteiger partial charge on any atom is 0.0229 e. The summed E-state index contributed by atoms with van der Waals surface area (Å²) in [4.78, 5) is 2.48. The monoisotopic (exact) mass is 166 g/mol. The van der Waals surface area contributed by atoms with Crippen molar-refractivity contribution in [3.8, 4) is 0 Å². The van der Waals surface area contributed by atoms with Gasteiger partial charge in [0.15, 0.2) is 0 Å². The first-order chi connectivity index (χ1) is 5.75. The number of hydrogen-bond donors (Lipinski definition) is 1. The summed E-state index contributed by atoms with van der Waals surface area (Å²) < 4.78 is 0. The first-order valence-corrected chi connectivity index (χ1v) is 4.90. The zero-order valence-electron chi connectivity index (χ0n) is 7.74. The molecule has 0 aliphatic heterocycles. The summed E-state index contributed by atoms with van der Waals surface area (Å²) in [6.45, 7) is 1.20. The molecule has 2 unspecified atom stereocenters. The molecular formula is C10H18N2. The van der Waals surface area contributed by atoms with E-state index in [0.29, 0.717) is 12.0 Å². The lowest BCUT2D eigenvalue weighted by molar-refractivity contribution is 0.286. The standard InChI is InChI=1S/C10H18N2/c1-12(10-4-5-10)7-8-2-3-9(11)6-8/h2-3,8-10H,4-7,11H2,1H3. The fourth-order valence-electron chi connectivity index (χ4n) is 1.98. The molecule has 2 aliphatic rings. The molecule has 0 saturated heterocycles. The van der Waals surface area contributed by atoms with Crippen LogP contribution in [0.4, 0.5) is 0 Å². The van der Waals surface area contributed by atoms with Gasteiger partial charge in [-0.05, 0) is 32.2 Å². The van der Waals surface area contributed by atoms with Gasteiger partial charge in [0.25, 0.3) is 0 Å². The molecule has 2 rings (SSSR count). The van der Waals surface area contributed by atoms with Crippen LogP contribution in [0.5, 0.6) is 0 Å². The van der Waals surface area contributed by atoms with Crippen molar-refractivity contribution in [2.75, 3.05) is 13.6 Å². The van der Waals surface area contributed by atoms with Crippen molar-refractivity contribution in [2.24, 2.45) is 11.7 Å². The van der Waals surface area contributed by atoms with E-state index in [1.54, 1.807) is 0 Å². The van der Waals surface area contributed by atoms with Gasteiger partial charge in [-0.1, -0.05) is 12.2 Å². The highest BCUT2D eigenvalue weighted by molar-refractivity contribution is 5.05. The predicted molar refractivity (Wildman–Crippen MR) is 50.9 cm³/mol. The molecule has 0 spiro atoms. The summed E-state index contributed by atoms with van der Waals surface area (Å²) in [6.07, 6.45) is 8.38. The smallest absolute Gasteiger partial charge is 0.0229 e. The first-order valence-electron chi connectivity index (χ1n) is 4.90. The molecule has 68 valence electrons. The maximum atomic E-state index is 5.79. The number of hydrogen-bond acceptors (Lipinski definition) is 2. The fraction of sp³-hybridized carbons (Fsp3) is 0.800. The zero-order chi connectivity index (χ0) is 8.55. The average Bonchev–Trinajstić information content (AvgIpc) is 2.78. The summed E-state index contributed by atoms with van der Waals surface area (Å²) in [7, 11) is 2.23. The minimum Gasteiger partial charge on any atom is -0.324 e. The number of rotatable bonds is 3. The molecule has 12 heavy (non-hydrogen) atoms. The Hall–Kier alpha value is -0.340. The van der Waals surface area contributed by atoms with E-state index in [1.165, 1.54) is 19.4 Å². The summed E-state index contributed by atoms with van der Waals surface area (Å²) in [5.74, 6) is 0.714. The minimum absolute atomic E-state index is 0.322. The van der Waals surface area contributed by atoms with Crippen LogP contribution in [0.2, 0.25) is 0 Å². The van der Waals surface area contributed by atoms with E-state index in [2.05, 4.69) is 24.1 Å². The van der Waals surface area contributed by atoms with Crippen molar-refractivity contribution in [3.63, 3.8) is 0 Å². The number of nitrogens with two attached hydrogens (primary N) is 1. The molecule has 2 heteroatoms. The Morgan fingerprint density at radius 3 is 2.67 bits per heavy atom. The van der Waals surface area contributed by atoms with Gasteiger partial charge in [0.2, 0.25) is 0 Å². The average molecular weight is 166 g/mol. The lowest BCUT2D eigenvalue weighted by Gasteiger charge is -2.19. The van der Waals surface area contributed by atoms with Crippen molar-refractivity contribution >= 4 is 0 Å². The van der Waals surface area contributed by atoms with Crippen molar-refractivity contribution in [2.45, 2.75) is 31.3 Å². The Morgan fingerprint density at radius 2 is 2.17 bits per heavy atom. The molecule has 0 aromatic rings. The van der Waals surface area contributed by atoms with Gasteiger partial charge in [-0.15, -0.1) is 0 Å². The third-order valence-electron chi connectivity index (χ3n) is 2.90. The van der Waals surface area contributed by atoms with Crippen LogP contribution in [0.1, 0.15) is 19.3 Å². The van der Waals surface area contributed by atoms with Gasteiger partial charge < -0.3 is 10.6 Å². The van der Waals surface area contributed by atoms with Crippen molar-refractivity contribution < 1.29 is 0 Å². The van der Waals surface area contributed by atoms with Crippen LogP contribution in [0, 0.1) is 5.92 Å². The van der Waals surface area contributed by atoms with E-state index in [0.717, 1.165) is 12.5 Å². The zero-order valence-corrected chi connectivity index (χ0v) is 7.74. The summed E-state index contributed by atoms with van der Waals surface area (Å²) >= 11 is 0. The topological polar surface area (TPSA) is 29.3 Å². The van der Waals surface area contributed by atoms with Crippen molar-refractivity contribution in [3.05, 3.63) is 12.2 Å². The van der Waals surface area contributed by atoms with Crippen LogP contribution in [-0.4, -0.2) is 30.6 Å². The lowest BCUT2D eigenvalue weighted by atomic mass is 10.1. The highest BCUT2D eigenvalue weighted by Gasteiger charge is 2.28. The molecule has 0 amide bonds. The quantitative estimate of drug-likeness (QED) is 0.633. The summed E-state index contributed by atoms with van der Waals surface area (Å²) in [5, 5.41) is 0. The Labute approximate surface area is 74.4 Å². The third kappa shape index (κ3) is 1.87. The third-order valence-corrected chi connectivity index (χ3v) is 2.90. The maximum absolute atomic E-state index is 5.79. The van der Waals surface area contributed by atoms with Crippen LogP contribution in [0.25, 0.3) is 0 Å². The van der Waals surface area contributed by atoms with E-state index < -0.39 is 0 Å². The fourth-order valence-corrected chi connectivity index (χ4v) is 1.98. The second-order valence-electron chi connectivity index (χ2n) is 4.22. The molecular weight excluding hydrogens is 148 g/mol. The lowest BCUT2D eigenvalue weighted by Crippen LogP contribution is -2.27. The van der Waals surface area contributed by atoms with Gasteiger partial charge >= 0.3 is 0 Å². The van der Waals surface area contributed by atoms with Gasteiger partial charge in [-0.2, -0.15) is 0 Å². The predicted octanol–water partition coefficient (Wildman–Crippen LogP) is 0.984. The van der Waals surface area contributed by atoms with Crippen LogP contribution < -0.4 is 5.73 Å². The van der Waals surface area contributed by atoms with Crippen molar-refractivity contribution in [1.82, 2.24) is 4.90 Å². The van der Waals surface area contributed by atoms with E-state index in [1.807, 2.05) is 0 Å². The molecule has 0 bridgehead atoms. The molecule has 2 atom stereocenters. The second-order valence-corrected chi connectivity index (χ2v) is 4.22. The minimum atomic E-state index is 0.322. The molecule has 0 aromatic carbocycles. The SMILES string of the molecule is CN(CC1C=CC(N)C1)C1CC1. The van der Waals surface area contributed by atoms with E-state index >= 15 is 0 Å². The molecule has 2 N–H and O–H groups in total. The van der Waals surface area contributed by atoms with Gasteiger partial charge in [-0.3, -0.25) is 0 Å². The van der Waals surface area contributed by atoms with Gasteiger partial charge in [0, 0.05) is 18.6 Å². The van der Waals surface area contributed by atoms with E-state index in [-0.39, 0.29) is 0 Å². The van der Waals surface area contributed by atoms with E-state index in [4.69, 9.17) is 5.73 Å². The molecule has 0 aromatic heterocycles. The summed E-state index contributed by atoms with van der Waals surface area (Å²) in [5.41, 5.74) is 5.79. The Kier molecular flexibility index (Phi) is 2.20. The molecule has 0 radical (unpaired) electrons. The van der Waals surface area contributed by atoms with Crippen molar-refractivity contribution in [1.29, 1.82) is 0 Å². The Bertz CT molecular complexity index is 184. The van der Waals surface area contributed by atoms with Crippen LogP contribution in [0.15, 0.2) is 12.2 Å². The molecule has 2 nitrogen and oxygen atoms in total. The highest BCUT2D eigenvalue weighted by atomic mass is 15.2. The summed E-state index contributed by atoms with van der Waals surface area (Å²) in [6, 6.07) is 1.21. The van der Waals surface area contributed by atoms with E-state index in [9.17, 15) is 0 Å². The normalized spacial score (nSPS) is 34.9. The number of nitrogens with zero attached hydrogens (tertiary/aromatic N) is 1. The highest BCUT2D eigenvalue weighted by Crippen LogP contribution is 2.27. The van der Waals surface area contributed by atoms with Gasteiger partial charge in [-0.25, -0.2) is 0 Å². The molecule has 1 fully saturated rings. The van der Waals surface area contributed by atoms with Crippen LogP contribution in [-0.2, 0) is 0 Å².